The minimum Gasteiger partial charge on any atom is -0.289 e. The quantitative estimate of drug-likeness (QED) is 0.741. The van der Waals surface area contributed by atoms with Crippen LogP contribution in [0, 0.1) is 6.92 Å². The first kappa shape index (κ1) is 12.4. The van der Waals surface area contributed by atoms with Crippen LogP contribution in [0.2, 0.25) is 5.02 Å². The SMILES string of the molecule is Cc1cc(Cl)ccc1C(=O)c1ccc2c(c1)CCC2. The lowest BCUT2D eigenvalue weighted by Gasteiger charge is -2.07. The Morgan fingerprint density at radius 1 is 1.05 bits per heavy atom. The lowest BCUT2D eigenvalue weighted by Crippen LogP contribution is -2.04. The zero-order chi connectivity index (χ0) is 13.4. The number of fused-ring (bicyclic) bond motifs is 1. The fraction of sp³-hybridized carbons (Fsp3) is 0.235. The summed E-state index contributed by atoms with van der Waals surface area (Å²) in [5, 5.41) is 0.669. The van der Waals surface area contributed by atoms with Gasteiger partial charge in [0.2, 0.25) is 0 Å². The molecule has 1 nitrogen and oxygen atoms in total. The fourth-order valence-electron chi connectivity index (χ4n) is 2.75. The van der Waals surface area contributed by atoms with Crippen LogP contribution in [0.25, 0.3) is 0 Å². The summed E-state index contributed by atoms with van der Waals surface area (Å²) in [5.41, 5.74) is 5.17. The molecule has 0 atom stereocenters. The number of benzene rings is 2. The van der Waals surface area contributed by atoms with Crippen molar-refractivity contribution in [3.05, 3.63) is 69.2 Å². The van der Waals surface area contributed by atoms with E-state index in [2.05, 4.69) is 12.1 Å². The number of hydrogen-bond acceptors (Lipinski definition) is 1. The third kappa shape index (κ3) is 2.31. The first-order valence-electron chi connectivity index (χ1n) is 6.58. The van der Waals surface area contributed by atoms with Crippen molar-refractivity contribution in [3.8, 4) is 0 Å². The van der Waals surface area contributed by atoms with Crippen molar-refractivity contribution in [2.45, 2.75) is 26.2 Å². The molecule has 19 heavy (non-hydrogen) atoms. The molecule has 0 amide bonds. The van der Waals surface area contributed by atoms with Crippen LogP contribution >= 0.6 is 11.6 Å². The number of aryl methyl sites for hydroxylation is 3. The van der Waals surface area contributed by atoms with Gasteiger partial charge in [-0.15, -0.1) is 0 Å². The summed E-state index contributed by atoms with van der Waals surface area (Å²) in [5.74, 6) is 0.0869. The lowest BCUT2D eigenvalue weighted by molar-refractivity contribution is 0.103. The van der Waals surface area contributed by atoms with Crippen molar-refractivity contribution in [3.63, 3.8) is 0 Å². The van der Waals surface area contributed by atoms with Crippen molar-refractivity contribution in [2.24, 2.45) is 0 Å². The molecule has 1 aliphatic carbocycles. The van der Waals surface area contributed by atoms with Crippen molar-refractivity contribution in [1.82, 2.24) is 0 Å². The van der Waals surface area contributed by atoms with Gasteiger partial charge in [0.25, 0.3) is 0 Å². The molecule has 2 heteroatoms. The average molecular weight is 271 g/mol. The normalized spacial score (nSPS) is 13.4. The Labute approximate surface area is 118 Å². The molecule has 3 rings (SSSR count). The molecular weight excluding hydrogens is 256 g/mol. The summed E-state index contributed by atoms with van der Waals surface area (Å²) in [7, 11) is 0. The molecule has 96 valence electrons. The minimum atomic E-state index is 0.0869. The Kier molecular flexibility index (Phi) is 3.16. The van der Waals surface area contributed by atoms with E-state index in [0.29, 0.717) is 5.02 Å². The third-order valence-corrected chi connectivity index (χ3v) is 4.03. The monoisotopic (exact) mass is 270 g/mol. The summed E-state index contributed by atoms with van der Waals surface area (Å²) in [6.45, 7) is 1.92. The van der Waals surface area contributed by atoms with Crippen LogP contribution in [0.5, 0.6) is 0 Å². The maximum Gasteiger partial charge on any atom is 0.193 e. The molecule has 0 radical (unpaired) electrons. The molecule has 0 saturated carbocycles. The van der Waals surface area contributed by atoms with Crippen LogP contribution in [0.4, 0.5) is 0 Å². The highest BCUT2D eigenvalue weighted by Gasteiger charge is 2.16. The lowest BCUT2D eigenvalue weighted by atomic mass is 9.97. The molecular formula is C17H15ClO. The average Bonchev–Trinajstić information content (AvgIpc) is 2.85. The van der Waals surface area contributed by atoms with Gasteiger partial charge in [-0.25, -0.2) is 0 Å². The largest absolute Gasteiger partial charge is 0.289 e. The highest BCUT2D eigenvalue weighted by molar-refractivity contribution is 6.30. The highest BCUT2D eigenvalue weighted by Crippen LogP contribution is 2.25. The van der Waals surface area contributed by atoms with Crippen molar-refractivity contribution in [1.29, 1.82) is 0 Å². The summed E-state index contributed by atoms with van der Waals surface area (Å²) >= 11 is 5.93. The molecule has 0 aliphatic heterocycles. The van der Waals surface area contributed by atoms with Crippen LogP contribution < -0.4 is 0 Å². The van der Waals surface area contributed by atoms with Gasteiger partial charge >= 0.3 is 0 Å². The fourth-order valence-corrected chi connectivity index (χ4v) is 2.98. The van der Waals surface area contributed by atoms with Gasteiger partial charge in [-0.3, -0.25) is 4.79 Å². The van der Waals surface area contributed by atoms with E-state index in [1.165, 1.54) is 17.5 Å². The Morgan fingerprint density at radius 3 is 2.63 bits per heavy atom. The van der Waals surface area contributed by atoms with Crippen LogP contribution in [-0.2, 0) is 12.8 Å². The summed E-state index contributed by atoms with van der Waals surface area (Å²) in [6.07, 6.45) is 3.44. The molecule has 0 saturated heterocycles. The molecule has 1 aliphatic rings. The number of rotatable bonds is 2. The molecule has 2 aromatic carbocycles. The second-order valence-corrected chi connectivity index (χ2v) is 5.56. The predicted molar refractivity (Wildman–Crippen MR) is 78.1 cm³/mol. The van der Waals surface area contributed by atoms with Gasteiger partial charge in [0, 0.05) is 16.1 Å². The highest BCUT2D eigenvalue weighted by atomic mass is 35.5. The number of carbonyl (C=O) groups is 1. The van der Waals surface area contributed by atoms with E-state index in [4.69, 9.17) is 11.6 Å². The second kappa shape index (κ2) is 4.82. The number of halogens is 1. The van der Waals surface area contributed by atoms with Gasteiger partial charge in [-0.2, -0.15) is 0 Å². The van der Waals surface area contributed by atoms with E-state index < -0.39 is 0 Å². The van der Waals surface area contributed by atoms with Crippen molar-refractivity contribution in [2.75, 3.05) is 0 Å². The third-order valence-electron chi connectivity index (χ3n) is 3.79. The van der Waals surface area contributed by atoms with Gasteiger partial charge in [0.05, 0.1) is 0 Å². The van der Waals surface area contributed by atoms with Crippen LogP contribution in [-0.4, -0.2) is 5.78 Å². The van der Waals surface area contributed by atoms with Gasteiger partial charge < -0.3 is 0 Å². The van der Waals surface area contributed by atoms with Gasteiger partial charge in [-0.1, -0.05) is 23.7 Å². The van der Waals surface area contributed by atoms with Crippen LogP contribution in [0.1, 0.15) is 39.0 Å². The summed E-state index contributed by atoms with van der Waals surface area (Å²) in [6, 6.07) is 11.5. The number of hydrogen-bond donors (Lipinski definition) is 0. The van der Waals surface area contributed by atoms with E-state index >= 15 is 0 Å². The molecule has 0 fully saturated rings. The molecule has 0 spiro atoms. The Bertz CT molecular complexity index is 658. The molecule has 0 unspecified atom stereocenters. The Balaban J connectivity index is 2.00. The van der Waals surface area contributed by atoms with Crippen molar-refractivity contribution >= 4 is 17.4 Å². The summed E-state index contributed by atoms with van der Waals surface area (Å²) in [4.78, 5) is 12.5. The van der Waals surface area contributed by atoms with Gasteiger partial charge in [-0.05, 0) is 67.1 Å². The van der Waals surface area contributed by atoms with Crippen LogP contribution in [0.15, 0.2) is 36.4 Å². The maximum atomic E-state index is 12.5. The Hall–Kier alpha value is -1.60. The topological polar surface area (TPSA) is 17.1 Å². The number of ketones is 1. The van der Waals surface area contributed by atoms with Gasteiger partial charge in [0.1, 0.15) is 0 Å². The van der Waals surface area contributed by atoms with E-state index in [0.717, 1.165) is 29.5 Å². The predicted octanol–water partition coefficient (Wildman–Crippen LogP) is 4.37. The molecule has 0 bridgehead atoms. The van der Waals surface area contributed by atoms with E-state index in [1.807, 2.05) is 25.1 Å². The minimum absolute atomic E-state index is 0.0869. The first-order valence-corrected chi connectivity index (χ1v) is 6.95. The molecule has 2 aromatic rings. The van der Waals surface area contributed by atoms with E-state index in [9.17, 15) is 4.79 Å². The molecule has 0 heterocycles. The zero-order valence-electron chi connectivity index (χ0n) is 10.9. The maximum absolute atomic E-state index is 12.5. The van der Waals surface area contributed by atoms with Crippen LogP contribution in [0.3, 0.4) is 0 Å². The molecule has 0 aromatic heterocycles. The first-order chi connectivity index (χ1) is 9.15. The number of carbonyl (C=O) groups excluding carboxylic acids is 1. The van der Waals surface area contributed by atoms with E-state index in [-0.39, 0.29) is 5.78 Å². The standard InChI is InChI=1S/C17H15ClO/c1-11-9-15(18)7-8-16(11)17(19)14-6-5-12-3-2-4-13(12)10-14/h5-10H,2-4H2,1H3. The van der Waals surface area contributed by atoms with Crippen molar-refractivity contribution < 1.29 is 4.79 Å². The van der Waals surface area contributed by atoms with Gasteiger partial charge in [0.15, 0.2) is 5.78 Å². The smallest absolute Gasteiger partial charge is 0.193 e. The zero-order valence-corrected chi connectivity index (χ0v) is 11.6. The molecule has 0 N–H and O–H groups in total. The Morgan fingerprint density at radius 2 is 1.84 bits per heavy atom. The second-order valence-electron chi connectivity index (χ2n) is 5.13. The summed E-state index contributed by atoms with van der Waals surface area (Å²) < 4.78 is 0. The van der Waals surface area contributed by atoms with E-state index in [1.54, 1.807) is 6.07 Å².